The number of sulfone groups is 1. The average molecular weight is 390 g/mol. The van der Waals surface area contributed by atoms with E-state index in [1.54, 1.807) is 6.07 Å². The molecule has 0 atom stereocenters. The molecule has 0 N–H and O–H groups in total. The van der Waals surface area contributed by atoms with E-state index in [0.29, 0.717) is 15.8 Å². The van der Waals surface area contributed by atoms with Crippen molar-refractivity contribution in [3.05, 3.63) is 34.0 Å². The van der Waals surface area contributed by atoms with Crippen LogP contribution in [-0.4, -0.2) is 24.1 Å². The summed E-state index contributed by atoms with van der Waals surface area (Å²) in [5, 5.41) is 3.89. The van der Waals surface area contributed by atoms with Gasteiger partial charge in [-0.05, 0) is 26.0 Å². The number of halogens is 1. The number of ketones is 1. The van der Waals surface area contributed by atoms with Gasteiger partial charge in [-0.15, -0.1) is 11.3 Å². The van der Waals surface area contributed by atoms with Crippen LogP contribution in [0.4, 0.5) is 0 Å². The van der Waals surface area contributed by atoms with Crippen LogP contribution in [0.2, 0.25) is 4.34 Å². The van der Waals surface area contributed by atoms with Crippen molar-refractivity contribution >= 4 is 38.6 Å². The molecule has 0 aliphatic heterocycles. The normalized spacial score (nSPS) is 13.2. The van der Waals surface area contributed by atoms with E-state index in [2.05, 4.69) is 5.16 Å². The minimum Gasteiger partial charge on any atom is -0.361 e. The van der Waals surface area contributed by atoms with Crippen molar-refractivity contribution in [2.24, 2.45) is 0 Å². The quantitative estimate of drug-likeness (QED) is 0.770. The van der Waals surface area contributed by atoms with E-state index in [9.17, 15) is 13.2 Å². The molecule has 0 saturated carbocycles. The maximum absolute atomic E-state index is 12.8. The molecule has 0 amide bonds. The largest absolute Gasteiger partial charge is 0.361 e. The number of carbonyl (C=O) groups excluding carboxylic acids is 1. The highest BCUT2D eigenvalue weighted by Crippen LogP contribution is 2.34. The zero-order valence-corrected chi connectivity index (χ0v) is 16.6. The van der Waals surface area contributed by atoms with Gasteiger partial charge in [0, 0.05) is 11.5 Å². The fraction of sp³-hybridized carbons (Fsp3) is 0.500. The Kier molecular flexibility index (Phi) is 5.01. The fourth-order valence-electron chi connectivity index (χ4n) is 1.97. The number of nitrogens with zero attached hydrogens (tertiary/aromatic N) is 1. The van der Waals surface area contributed by atoms with Gasteiger partial charge in [-0.3, -0.25) is 4.79 Å². The summed E-state index contributed by atoms with van der Waals surface area (Å²) < 4.78 is 29.6. The molecule has 2 aromatic rings. The summed E-state index contributed by atoms with van der Waals surface area (Å²) in [5.74, 6) is 0.205. The van der Waals surface area contributed by atoms with Crippen molar-refractivity contribution in [1.29, 1.82) is 0 Å². The Morgan fingerprint density at radius 3 is 2.33 bits per heavy atom. The summed E-state index contributed by atoms with van der Waals surface area (Å²) in [6.07, 6.45) is -0.106. The molecule has 0 saturated heterocycles. The molecule has 0 unspecified atom stereocenters. The second kappa shape index (κ2) is 6.28. The van der Waals surface area contributed by atoms with Crippen molar-refractivity contribution in [3.8, 4) is 0 Å². The highest BCUT2D eigenvalue weighted by atomic mass is 35.5. The second-order valence-electron chi connectivity index (χ2n) is 7.10. The number of aromatic nitrogens is 1. The molecule has 2 aromatic heterocycles. The summed E-state index contributed by atoms with van der Waals surface area (Å²) in [4.78, 5) is 12.6. The fourth-order valence-corrected chi connectivity index (χ4v) is 5.34. The number of hydrogen-bond acceptors (Lipinski definition) is 6. The van der Waals surface area contributed by atoms with E-state index in [-0.39, 0.29) is 16.0 Å². The van der Waals surface area contributed by atoms with Crippen molar-refractivity contribution in [2.45, 2.75) is 55.4 Å². The first kappa shape index (κ1) is 19.1. The Morgan fingerprint density at radius 2 is 1.88 bits per heavy atom. The van der Waals surface area contributed by atoms with Gasteiger partial charge in [0.25, 0.3) is 0 Å². The van der Waals surface area contributed by atoms with Gasteiger partial charge in [-0.25, -0.2) is 8.42 Å². The van der Waals surface area contributed by atoms with Crippen LogP contribution < -0.4 is 0 Å². The van der Waals surface area contributed by atoms with Crippen LogP contribution in [-0.2, 0) is 26.5 Å². The van der Waals surface area contributed by atoms with E-state index in [0.717, 1.165) is 11.3 Å². The number of hydrogen-bond donors (Lipinski definition) is 0. The highest BCUT2D eigenvalue weighted by molar-refractivity contribution is 7.95. The molecule has 8 heteroatoms. The summed E-state index contributed by atoms with van der Waals surface area (Å²) >= 11 is 6.76. The minimum atomic E-state index is -3.83. The Labute approximate surface area is 150 Å². The summed E-state index contributed by atoms with van der Waals surface area (Å²) in [5.41, 5.74) is 0.196. The zero-order valence-electron chi connectivity index (χ0n) is 14.2. The van der Waals surface area contributed by atoms with Crippen molar-refractivity contribution in [3.63, 3.8) is 0 Å². The van der Waals surface area contributed by atoms with Gasteiger partial charge in [0.05, 0.1) is 16.5 Å². The van der Waals surface area contributed by atoms with Gasteiger partial charge in [0.15, 0.2) is 15.6 Å². The molecule has 0 spiro atoms. The Morgan fingerprint density at radius 1 is 1.25 bits per heavy atom. The van der Waals surface area contributed by atoms with Gasteiger partial charge in [-0.1, -0.05) is 37.5 Å². The smallest absolute Gasteiger partial charge is 0.200 e. The topological polar surface area (TPSA) is 77.2 Å². The zero-order chi connectivity index (χ0) is 18.3. The van der Waals surface area contributed by atoms with Gasteiger partial charge < -0.3 is 4.52 Å². The third-order valence-electron chi connectivity index (χ3n) is 3.80. The van der Waals surface area contributed by atoms with Crippen LogP contribution >= 0.6 is 22.9 Å². The van der Waals surface area contributed by atoms with E-state index in [4.69, 9.17) is 16.1 Å². The lowest BCUT2D eigenvalue weighted by Crippen LogP contribution is -2.41. The van der Waals surface area contributed by atoms with Crippen LogP contribution in [0.25, 0.3) is 0 Å². The molecule has 0 bridgehead atoms. The summed E-state index contributed by atoms with van der Waals surface area (Å²) in [7, 11) is -3.83. The molecule has 5 nitrogen and oxygen atoms in total. The Balaban J connectivity index is 2.26. The van der Waals surface area contributed by atoms with Crippen LogP contribution in [0.5, 0.6) is 0 Å². The highest BCUT2D eigenvalue weighted by Gasteiger charge is 2.43. The molecule has 0 aromatic carbocycles. The van der Waals surface area contributed by atoms with E-state index < -0.39 is 20.4 Å². The molecule has 132 valence electrons. The summed E-state index contributed by atoms with van der Waals surface area (Å²) in [6.45, 7) is 8.71. The third-order valence-corrected chi connectivity index (χ3v) is 7.97. The molecule has 0 radical (unpaired) electrons. The molecule has 24 heavy (non-hydrogen) atoms. The van der Waals surface area contributed by atoms with E-state index >= 15 is 0 Å². The van der Waals surface area contributed by atoms with Gasteiger partial charge >= 0.3 is 0 Å². The predicted octanol–water partition coefficient (Wildman–Crippen LogP) is 4.05. The van der Waals surface area contributed by atoms with Crippen molar-refractivity contribution in [1.82, 2.24) is 5.16 Å². The monoisotopic (exact) mass is 389 g/mol. The lowest BCUT2D eigenvalue weighted by atomic mass is 9.92. The first-order valence-corrected chi connectivity index (χ1v) is 10.0. The average Bonchev–Trinajstić information content (AvgIpc) is 3.07. The molecule has 2 heterocycles. The van der Waals surface area contributed by atoms with Crippen molar-refractivity contribution < 1.29 is 17.7 Å². The Bertz CT molecular complexity index is 857. The van der Waals surface area contributed by atoms with Crippen molar-refractivity contribution in [2.75, 3.05) is 0 Å². The first-order chi connectivity index (χ1) is 10.9. The lowest BCUT2D eigenvalue weighted by Gasteiger charge is -2.22. The van der Waals surface area contributed by atoms with Gasteiger partial charge in [-0.2, -0.15) is 0 Å². The third kappa shape index (κ3) is 3.58. The summed E-state index contributed by atoms with van der Waals surface area (Å²) in [6, 6.07) is 4.63. The molecule has 2 rings (SSSR count). The Hall–Kier alpha value is -1.18. The maximum Gasteiger partial charge on any atom is 0.200 e. The van der Waals surface area contributed by atoms with Crippen LogP contribution in [0.3, 0.4) is 0 Å². The lowest BCUT2D eigenvalue weighted by molar-refractivity contribution is -0.120. The first-order valence-electron chi connectivity index (χ1n) is 7.35. The van der Waals surface area contributed by atoms with Crippen LogP contribution in [0.1, 0.15) is 46.1 Å². The second-order valence-corrected chi connectivity index (χ2v) is 11.5. The number of rotatable bonds is 5. The van der Waals surface area contributed by atoms with Gasteiger partial charge in [0.2, 0.25) is 0 Å². The van der Waals surface area contributed by atoms with E-state index in [1.807, 2.05) is 20.8 Å². The molecular weight excluding hydrogens is 370 g/mol. The van der Waals surface area contributed by atoms with E-state index in [1.165, 1.54) is 26.0 Å². The molecular formula is C16H20ClNO4S2. The predicted molar refractivity (Wildman–Crippen MR) is 94.5 cm³/mol. The maximum atomic E-state index is 12.8. The molecule has 0 aliphatic carbocycles. The number of carbonyl (C=O) groups is 1. The van der Waals surface area contributed by atoms with Crippen LogP contribution in [0, 0.1) is 0 Å². The standard InChI is InChI=1S/C16H20ClNO4S2/c1-15(2,3)12-9-10(18-22-12)8-11(19)16(4,5)24(20,21)14-7-6-13(17)23-14/h6-7,9H,8H2,1-5H3. The number of thiophene rings is 1. The SMILES string of the molecule is CC(C)(C)c1cc(CC(=O)C(C)(C)S(=O)(=O)c2ccc(Cl)s2)no1. The van der Waals surface area contributed by atoms with Gasteiger partial charge in [0.1, 0.15) is 14.7 Å². The van der Waals surface area contributed by atoms with Crippen LogP contribution in [0.15, 0.2) is 26.9 Å². The molecule has 0 fully saturated rings. The minimum absolute atomic E-state index is 0.0846. The number of Topliss-reactive ketones (excluding diaryl/α,β-unsaturated/α-hetero) is 1. The molecule has 0 aliphatic rings.